The predicted octanol–water partition coefficient (Wildman–Crippen LogP) is 2.18. The van der Waals surface area contributed by atoms with Crippen LogP contribution in [0.1, 0.15) is 19.3 Å². The summed E-state index contributed by atoms with van der Waals surface area (Å²) in [5, 5.41) is 0. The molecule has 3 fully saturated rings. The van der Waals surface area contributed by atoms with Crippen molar-refractivity contribution in [3.8, 4) is 0 Å². The fourth-order valence-corrected chi connectivity index (χ4v) is 2.78. The number of hydrogen-bond acceptors (Lipinski definition) is 0. The molecule has 0 nitrogen and oxygen atoms in total. The van der Waals surface area contributed by atoms with Gasteiger partial charge in [-0.15, -0.1) is 0 Å². The van der Waals surface area contributed by atoms with Crippen LogP contribution in [0.5, 0.6) is 0 Å². The van der Waals surface area contributed by atoms with Gasteiger partial charge in [0.2, 0.25) is 0 Å². The predicted molar refractivity (Wildman–Crippen MR) is 33.5 cm³/mol. The van der Waals surface area contributed by atoms with Gasteiger partial charge in [0.15, 0.2) is 0 Å². The molecule has 3 aliphatic carbocycles. The molecule has 3 saturated carbocycles. The van der Waals surface area contributed by atoms with Crippen molar-refractivity contribution in [2.75, 3.05) is 0 Å². The summed E-state index contributed by atoms with van der Waals surface area (Å²) in [6, 6.07) is 0. The number of fused-ring (bicyclic) bond motifs is 1. The Morgan fingerprint density at radius 2 is 1.71 bits per heavy atom. The summed E-state index contributed by atoms with van der Waals surface area (Å²) >= 11 is 3.65. The van der Waals surface area contributed by atoms with Gasteiger partial charge in [-0.3, -0.25) is 0 Å². The molecule has 0 aromatic rings. The van der Waals surface area contributed by atoms with E-state index in [0.29, 0.717) is 0 Å². The number of hydrogen-bond donors (Lipinski definition) is 0. The summed E-state index contributed by atoms with van der Waals surface area (Å²) < 4.78 is 0. The molecule has 0 N–H and O–H groups in total. The molecule has 3 aliphatic rings. The second-order valence-electron chi connectivity index (χ2n) is 2.78. The van der Waals surface area contributed by atoms with Gasteiger partial charge in [-0.2, -0.15) is 0 Å². The Hall–Kier alpha value is 0.480. The van der Waals surface area contributed by atoms with Crippen molar-refractivity contribution in [1.29, 1.82) is 0 Å². The zero-order valence-corrected chi connectivity index (χ0v) is 5.82. The van der Waals surface area contributed by atoms with Gasteiger partial charge in [0.1, 0.15) is 0 Å². The third kappa shape index (κ3) is 0.426. The maximum Gasteiger partial charge on any atom is 0.0202 e. The van der Waals surface area contributed by atoms with Crippen LogP contribution in [-0.4, -0.2) is 4.83 Å². The highest BCUT2D eigenvalue weighted by Gasteiger charge is 2.44. The van der Waals surface area contributed by atoms with Crippen LogP contribution >= 0.6 is 15.9 Å². The van der Waals surface area contributed by atoms with Gasteiger partial charge < -0.3 is 0 Å². The summed E-state index contributed by atoms with van der Waals surface area (Å²) in [6.45, 7) is 0. The molecule has 0 heterocycles. The third-order valence-corrected chi connectivity index (χ3v) is 3.91. The molecule has 1 unspecified atom stereocenters. The second kappa shape index (κ2) is 1.25. The lowest BCUT2D eigenvalue weighted by Crippen LogP contribution is -2.27. The Morgan fingerprint density at radius 1 is 1.14 bits per heavy atom. The van der Waals surface area contributed by atoms with Gasteiger partial charge in [0.05, 0.1) is 0 Å². The Balaban J connectivity index is 2.14. The SMILES string of the molecule is BrC1[C@@H]2CC[C@H]1C2. The number of rotatable bonds is 0. The average Bonchev–Trinajstić information content (AvgIpc) is 2.18. The fraction of sp³-hybridized carbons (Fsp3) is 1.00. The van der Waals surface area contributed by atoms with Gasteiger partial charge >= 0.3 is 0 Å². The lowest BCUT2D eigenvalue weighted by atomic mass is 9.84. The lowest BCUT2D eigenvalue weighted by molar-refractivity contribution is 0.327. The smallest absolute Gasteiger partial charge is 0.0202 e. The molecule has 0 spiro atoms. The minimum Gasteiger partial charge on any atom is -0.0885 e. The maximum absolute atomic E-state index is 3.65. The van der Waals surface area contributed by atoms with E-state index in [1.807, 2.05) is 0 Å². The Morgan fingerprint density at radius 3 is 1.86 bits per heavy atom. The van der Waals surface area contributed by atoms with Crippen molar-refractivity contribution >= 4 is 15.9 Å². The summed E-state index contributed by atoms with van der Waals surface area (Å²) in [5.41, 5.74) is 0. The average molecular weight is 161 g/mol. The summed E-state index contributed by atoms with van der Waals surface area (Å²) in [6.07, 6.45) is 4.52. The Kier molecular flexibility index (Phi) is 0.780. The van der Waals surface area contributed by atoms with Gasteiger partial charge in [-0.05, 0) is 31.1 Å². The first kappa shape index (κ1) is 4.37. The highest BCUT2D eigenvalue weighted by Crippen LogP contribution is 2.52. The minimum absolute atomic E-state index is 0.924. The first-order chi connectivity index (χ1) is 3.38. The first-order valence-corrected chi connectivity index (χ1v) is 3.93. The molecule has 2 bridgehead atoms. The van der Waals surface area contributed by atoms with Gasteiger partial charge in [0.25, 0.3) is 0 Å². The molecule has 0 amide bonds. The van der Waals surface area contributed by atoms with E-state index in [4.69, 9.17) is 0 Å². The summed E-state index contributed by atoms with van der Waals surface area (Å²) in [4.78, 5) is 0.924. The van der Waals surface area contributed by atoms with Crippen LogP contribution < -0.4 is 0 Å². The van der Waals surface area contributed by atoms with Crippen molar-refractivity contribution < 1.29 is 0 Å². The molecule has 3 rings (SSSR count). The van der Waals surface area contributed by atoms with Gasteiger partial charge in [-0.25, -0.2) is 0 Å². The van der Waals surface area contributed by atoms with Crippen LogP contribution in [0.25, 0.3) is 0 Å². The Bertz CT molecular complexity index is 76.2. The molecule has 3 atom stereocenters. The molecular weight excluding hydrogens is 152 g/mol. The van der Waals surface area contributed by atoms with Crippen molar-refractivity contribution in [2.45, 2.75) is 24.1 Å². The highest BCUT2D eigenvalue weighted by atomic mass is 79.9. The molecule has 7 heavy (non-hydrogen) atoms. The first-order valence-electron chi connectivity index (χ1n) is 3.02. The minimum atomic E-state index is 0.924. The van der Waals surface area contributed by atoms with Crippen molar-refractivity contribution in [3.05, 3.63) is 0 Å². The summed E-state index contributed by atoms with van der Waals surface area (Å²) in [5.74, 6) is 2.15. The quantitative estimate of drug-likeness (QED) is 0.477. The van der Waals surface area contributed by atoms with Crippen LogP contribution in [-0.2, 0) is 0 Å². The summed E-state index contributed by atoms with van der Waals surface area (Å²) in [7, 11) is 0. The molecule has 0 aromatic heterocycles. The van der Waals surface area contributed by atoms with Crippen LogP contribution in [0.2, 0.25) is 0 Å². The third-order valence-electron chi connectivity index (χ3n) is 2.41. The normalized spacial score (nSPS) is 57.0. The maximum atomic E-state index is 3.65. The van der Waals surface area contributed by atoms with E-state index in [9.17, 15) is 0 Å². The van der Waals surface area contributed by atoms with E-state index in [2.05, 4.69) is 15.9 Å². The van der Waals surface area contributed by atoms with Crippen molar-refractivity contribution in [2.24, 2.45) is 11.8 Å². The molecule has 0 radical (unpaired) electrons. The molecule has 0 aromatic carbocycles. The molecule has 0 saturated heterocycles. The van der Waals surface area contributed by atoms with Crippen LogP contribution in [0.15, 0.2) is 0 Å². The van der Waals surface area contributed by atoms with Crippen LogP contribution in [0.4, 0.5) is 0 Å². The van der Waals surface area contributed by atoms with E-state index >= 15 is 0 Å². The zero-order valence-electron chi connectivity index (χ0n) is 4.23. The molecule has 1 heteroatoms. The van der Waals surface area contributed by atoms with Crippen molar-refractivity contribution in [3.63, 3.8) is 0 Å². The lowest BCUT2D eigenvalue weighted by Gasteiger charge is -2.30. The van der Waals surface area contributed by atoms with E-state index in [1.165, 1.54) is 19.3 Å². The van der Waals surface area contributed by atoms with E-state index < -0.39 is 0 Å². The largest absolute Gasteiger partial charge is 0.0885 e. The van der Waals surface area contributed by atoms with E-state index in [-0.39, 0.29) is 0 Å². The standard InChI is InChI=1S/C6H9Br/c7-6-4-1-2-5(6)3-4/h4-6H,1-3H2/t4-,5+,6?. The second-order valence-corrected chi connectivity index (χ2v) is 3.83. The fourth-order valence-electron chi connectivity index (χ4n) is 1.82. The Labute approximate surface area is 52.4 Å². The highest BCUT2D eigenvalue weighted by molar-refractivity contribution is 9.09. The number of halogens is 1. The van der Waals surface area contributed by atoms with E-state index in [0.717, 1.165) is 16.7 Å². The van der Waals surface area contributed by atoms with Crippen LogP contribution in [0, 0.1) is 11.8 Å². The van der Waals surface area contributed by atoms with Gasteiger partial charge in [-0.1, -0.05) is 15.9 Å². The zero-order chi connectivity index (χ0) is 4.85. The molecule has 0 aliphatic heterocycles. The van der Waals surface area contributed by atoms with E-state index in [1.54, 1.807) is 0 Å². The number of alkyl halides is 1. The van der Waals surface area contributed by atoms with Crippen molar-refractivity contribution in [1.82, 2.24) is 0 Å². The monoisotopic (exact) mass is 160 g/mol. The van der Waals surface area contributed by atoms with Gasteiger partial charge in [0, 0.05) is 4.83 Å². The van der Waals surface area contributed by atoms with Crippen LogP contribution in [0.3, 0.4) is 0 Å². The molecular formula is C6H9Br. The molecule has 40 valence electrons. The topological polar surface area (TPSA) is 0 Å².